The molecule has 0 saturated heterocycles. The first kappa shape index (κ1) is 17.3. The van der Waals surface area contributed by atoms with Crippen molar-refractivity contribution in [3.8, 4) is 18.2 Å². The molecule has 24 heavy (non-hydrogen) atoms. The fraction of sp³-hybridized carbons (Fsp3) is 0.278. The maximum absolute atomic E-state index is 11.8. The van der Waals surface area contributed by atoms with Crippen molar-refractivity contribution >= 4 is 11.7 Å². The van der Waals surface area contributed by atoms with Crippen LogP contribution in [0.3, 0.4) is 0 Å². The minimum Gasteiger partial charge on any atom is -0.481 e. The number of ether oxygens (including phenoxy) is 1. The Morgan fingerprint density at radius 2 is 2.17 bits per heavy atom. The predicted octanol–water partition coefficient (Wildman–Crippen LogP) is 2.08. The number of terminal acetylenes is 1. The summed E-state index contributed by atoms with van der Waals surface area (Å²) < 4.78 is 5.34. The van der Waals surface area contributed by atoms with Gasteiger partial charge in [0.25, 0.3) is 5.91 Å². The number of aromatic nitrogens is 2. The molecule has 2 rings (SSSR count). The second kappa shape index (κ2) is 7.97. The van der Waals surface area contributed by atoms with Crippen LogP contribution in [0.1, 0.15) is 27.2 Å². The summed E-state index contributed by atoms with van der Waals surface area (Å²) in [5, 5.41) is 5.80. The van der Waals surface area contributed by atoms with E-state index in [0.29, 0.717) is 23.8 Å². The number of hydrogen-bond acceptors (Lipinski definition) is 5. The molecule has 0 aromatic carbocycles. The molecule has 0 fully saturated rings. The molecule has 0 saturated carbocycles. The number of carbonyl (C=O) groups is 1. The minimum absolute atomic E-state index is 0.193. The van der Waals surface area contributed by atoms with Gasteiger partial charge in [-0.25, -0.2) is 9.97 Å². The van der Waals surface area contributed by atoms with Crippen molar-refractivity contribution in [2.24, 2.45) is 0 Å². The van der Waals surface area contributed by atoms with E-state index in [1.807, 2.05) is 19.9 Å². The first-order valence-corrected chi connectivity index (χ1v) is 7.48. The van der Waals surface area contributed by atoms with Gasteiger partial charge in [-0.3, -0.25) is 4.79 Å². The predicted molar refractivity (Wildman–Crippen MR) is 93.0 cm³/mol. The van der Waals surface area contributed by atoms with Gasteiger partial charge in [-0.1, -0.05) is 5.92 Å². The van der Waals surface area contributed by atoms with Gasteiger partial charge >= 0.3 is 0 Å². The van der Waals surface area contributed by atoms with Gasteiger partial charge in [-0.2, -0.15) is 0 Å². The van der Waals surface area contributed by atoms with Crippen LogP contribution in [0.5, 0.6) is 5.88 Å². The molecule has 6 nitrogen and oxygen atoms in total. The number of anilines is 1. The van der Waals surface area contributed by atoms with E-state index in [1.54, 1.807) is 19.2 Å². The van der Waals surface area contributed by atoms with E-state index in [1.165, 1.54) is 6.20 Å². The number of pyridine rings is 2. The quantitative estimate of drug-likeness (QED) is 0.796. The molecule has 0 aliphatic rings. The van der Waals surface area contributed by atoms with Crippen molar-refractivity contribution in [2.75, 3.05) is 19.0 Å². The Morgan fingerprint density at radius 3 is 2.79 bits per heavy atom. The number of hydrogen-bond donors (Lipinski definition) is 2. The van der Waals surface area contributed by atoms with Gasteiger partial charge in [-0.15, -0.1) is 6.42 Å². The average Bonchev–Trinajstić information content (AvgIpc) is 2.58. The Kier molecular flexibility index (Phi) is 5.74. The van der Waals surface area contributed by atoms with Crippen molar-refractivity contribution < 1.29 is 9.53 Å². The van der Waals surface area contributed by atoms with Crippen molar-refractivity contribution in [3.05, 3.63) is 46.8 Å². The Hall–Kier alpha value is -3.07. The summed E-state index contributed by atoms with van der Waals surface area (Å²) in [6.07, 6.45) is 6.62. The molecule has 0 unspecified atom stereocenters. The number of methoxy groups -OCH3 is 1. The number of aryl methyl sites for hydroxylation is 2. The lowest BCUT2D eigenvalue weighted by molar-refractivity contribution is 0.0958. The van der Waals surface area contributed by atoms with Crippen molar-refractivity contribution in [1.82, 2.24) is 15.3 Å². The summed E-state index contributed by atoms with van der Waals surface area (Å²) >= 11 is 0. The Morgan fingerprint density at radius 1 is 1.38 bits per heavy atom. The third-order valence-electron chi connectivity index (χ3n) is 3.45. The monoisotopic (exact) mass is 324 g/mol. The first-order valence-electron chi connectivity index (χ1n) is 7.48. The van der Waals surface area contributed by atoms with Crippen LogP contribution < -0.4 is 15.4 Å². The molecule has 2 aromatic heterocycles. The number of carbonyl (C=O) groups excluding carboxylic acids is 1. The van der Waals surface area contributed by atoms with Crippen LogP contribution in [0.25, 0.3) is 0 Å². The van der Waals surface area contributed by atoms with Gasteiger partial charge in [0.2, 0.25) is 5.88 Å². The number of nitrogens with one attached hydrogen (secondary N) is 2. The van der Waals surface area contributed by atoms with Crippen LogP contribution in [0, 0.1) is 26.2 Å². The normalized spacial score (nSPS) is 9.92. The molecule has 0 aliphatic carbocycles. The van der Waals surface area contributed by atoms with E-state index < -0.39 is 0 Å². The molecule has 0 radical (unpaired) electrons. The maximum atomic E-state index is 11.8. The molecule has 0 bridgehead atoms. The molecular formula is C18H20N4O2. The number of rotatable bonds is 6. The van der Waals surface area contributed by atoms with E-state index >= 15 is 0 Å². The number of nitrogens with zero attached hydrogens (tertiary/aromatic N) is 2. The molecule has 0 spiro atoms. The van der Waals surface area contributed by atoms with Gasteiger partial charge < -0.3 is 15.4 Å². The molecular weight excluding hydrogens is 304 g/mol. The van der Waals surface area contributed by atoms with Crippen molar-refractivity contribution in [3.63, 3.8) is 0 Å². The highest BCUT2D eigenvalue weighted by atomic mass is 16.5. The Balaban J connectivity index is 2.06. The van der Waals surface area contributed by atoms with E-state index in [4.69, 9.17) is 11.2 Å². The van der Waals surface area contributed by atoms with Gasteiger partial charge in [0.05, 0.1) is 19.2 Å². The molecule has 0 atom stereocenters. The minimum atomic E-state index is -0.243. The summed E-state index contributed by atoms with van der Waals surface area (Å²) in [6.45, 7) is 4.66. The second-order valence-electron chi connectivity index (χ2n) is 5.24. The topological polar surface area (TPSA) is 76.1 Å². The SMILES string of the molecule is C#CCNC(=O)c1ccc(NCc2c(C)cc(C)nc2OC)nc1. The lowest BCUT2D eigenvalue weighted by atomic mass is 10.1. The molecule has 1 amide bonds. The summed E-state index contributed by atoms with van der Waals surface area (Å²) in [5.41, 5.74) is 3.44. The van der Waals surface area contributed by atoms with Crippen LogP contribution in [-0.4, -0.2) is 29.5 Å². The smallest absolute Gasteiger partial charge is 0.253 e. The zero-order valence-corrected chi connectivity index (χ0v) is 14.0. The molecule has 2 N–H and O–H groups in total. The molecule has 124 valence electrons. The van der Waals surface area contributed by atoms with E-state index in [-0.39, 0.29) is 12.5 Å². The van der Waals surface area contributed by atoms with Crippen LogP contribution in [0.2, 0.25) is 0 Å². The lowest BCUT2D eigenvalue weighted by Crippen LogP contribution is -2.23. The summed E-state index contributed by atoms with van der Waals surface area (Å²) in [7, 11) is 1.60. The first-order chi connectivity index (χ1) is 11.5. The average molecular weight is 324 g/mol. The van der Waals surface area contributed by atoms with E-state index in [2.05, 4.69) is 26.5 Å². The number of amides is 1. The fourth-order valence-electron chi connectivity index (χ4n) is 2.26. The van der Waals surface area contributed by atoms with Crippen molar-refractivity contribution in [2.45, 2.75) is 20.4 Å². The van der Waals surface area contributed by atoms with Crippen LogP contribution in [0.15, 0.2) is 24.4 Å². The van der Waals surface area contributed by atoms with Gasteiger partial charge in [-0.05, 0) is 37.6 Å². The standard InChI is InChI=1S/C18H20N4O2/c1-5-8-19-17(23)14-6-7-16(20-10-14)21-11-15-12(2)9-13(3)22-18(15)24-4/h1,6-7,9-10H,8,11H2,2-4H3,(H,19,23)(H,20,21). The maximum Gasteiger partial charge on any atom is 0.253 e. The van der Waals surface area contributed by atoms with Gasteiger partial charge in [0.1, 0.15) is 5.82 Å². The third-order valence-corrected chi connectivity index (χ3v) is 3.45. The largest absolute Gasteiger partial charge is 0.481 e. The van der Waals surface area contributed by atoms with E-state index in [9.17, 15) is 4.79 Å². The second-order valence-corrected chi connectivity index (χ2v) is 5.24. The highest BCUT2D eigenvalue weighted by Crippen LogP contribution is 2.21. The summed E-state index contributed by atoms with van der Waals surface area (Å²) in [5.74, 6) is 3.37. The highest BCUT2D eigenvalue weighted by Gasteiger charge is 2.10. The molecule has 2 aromatic rings. The molecule has 6 heteroatoms. The zero-order chi connectivity index (χ0) is 17.5. The lowest BCUT2D eigenvalue weighted by Gasteiger charge is -2.13. The molecule has 2 heterocycles. The highest BCUT2D eigenvalue weighted by molar-refractivity contribution is 5.94. The summed E-state index contributed by atoms with van der Waals surface area (Å²) in [4.78, 5) is 20.4. The van der Waals surface area contributed by atoms with Crippen molar-refractivity contribution in [1.29, 1.82) is 0 Å². The van der Waals surface area contributed by atoms with Gasteiger partial charge in [0, 0.05) is 24.0 Å². The fourth-order valence-corrected chi connectivity index (χ4v) is 2.26. The van der Waals surface area contributed by atoms with Crippen LogP contribution >= 0.6 is 0 Å². The van der Waals surface area contributed by atoms with E-state index in [0.717, 1.165) is 16.8 Å². The Bertz CT molecular complexity index is 764. The third kappa shape index (κ3) is 4.23. The Labute approximate surface area is 141 Å². The van der Waals surface area contributed by atoms with Crippen LogP contribution in [-0.2, 0) is 6.54 Å². The van der Waals surface area contributed by atoms with Crippen LogP contribution in [0.4, 0.5) is 5.82 Å². The zero-order valence-electron chi connectivity index (χ0n) is 14.0. The molecule has 0 aliphatic heterocycles. The van der Waals surface area contributed by atoms with Gasteiger partial charge in [0.15, 0.2) is 0 Å². The summed E-state index contributed by atoms with van der Waals surface area (Å²) in [6, 6.07) is 5.44.